The molecular weight excluding hydrogens is 287 g/mol. The van der Waals surface area contributed by atoms with Crippen molar-refractivity contribution in [3.05, 3.63) is 40.3 Å². The van der Waals surface area contributed by atoms with Crippen molar-refractivity contribution in [3.8, 4) is 5.75 Å². The molecule has 0 bridgehead atoms. The summed E-state index contributed by atoms with van der Waals surface area (Å²) in [4.78, 5) is 7.74. The molecule has 2 rings (SSSR count). The lowest BCUT2D eigenvalue weighted by Crippen LogP contribution is -2.06. The van der Waals surface area contributed by atoms with E-state index < -0.39 is 0 Å². The molecule has 19 heavy (non-hydrogen) atoms. The lowest BCUT2D eigenvalue weighted by Gasteiger charge is -2.09. The minimum Gasteiger partial charge on any atom is -0.497 e. The van der Waals surface area contributed by atoms with Gasteiger partial charge in [-0.05, 0) is 29.3 Å². The molecule has 0 aliphatic rings. The third-order valence-corrected chi connectivity index (χ3v) is 2.95. The first-order valence-electron chi connectivity index (χ1n) is 5.45. The minimum atomic E-state index is 0.0523. The number of anilines is 2. The Morgan fingerprint density at radius 1 is 1.21 bits per heavy atom. The van der Waals surface area contributed by atoms with Gasteiger partial charge in [-0.2, -0.15) is 4.98 Å². The molecule has 0 aliphatic heterocycles. The van der Waals surface area contributed by atoms with E-state index in [1.807, 2.05) is 24.3 Å². The number of methoxy groups -OCH3 is 1. The van der Waals surface area contributed by atoms with Crippen LogP contribution in [0.1, 0.15) is 5.56 Å². The van der Waals surface area contributed by atoms with Crippen LogP contribution in [0.5, 0.6) is 5.75 Å². The number of hydrogen-bond acceptors (Lipinski definition) is 5. The predicted octanol–water partition coefficient (Wildman–Crippen LogP) is 2.99. The summed E-state index contributed by atoms with van der Waals surface area (Å²) in [5, 5.41) is 3.25. The van der Waals surface area contributed by atoms with Gasteiger partial charge in [0.1, 0.15) is 11.4 Å². The molecule has 0 atom stereocenters. The van der Waals surface area contributed by atoms with Crippen molar-refractivity contribution in [2.24, 2.45) is 0 Å². The van der Waals surface area contributed by atoms with Gasteiger partial charge in [0.15, 0.2) is 11.0 Å². The van der Waals surface area contributed by atoms with E-state index in [0.717, 1.165) is 11.3 Å². The van der Waals surface area contributed by atoms with Crippen molar-refractivity contribution in [1.29, 1.82) is 0 Å². The fourth-order valence-electron chi connectivity index (χ4n) is 1.48. The van der Waals surface area contributed by atoms with Gasteiger partial charge in [-0.1, -0.05) is 23.7 Å². The van der Waals surface area contributed by atoms with E-state index in [4.69, 9.17) is 33.7 Å². The van der Waals surface area contributed by atoms with Crippen molar-refractivity contribution >= 4 is 34.7 Å². The summed E-state index contributed by atoms with van der Waals surface area (Å²) >= 11 is 11.5. The van der Waals surface area contributed by atoms with Crippen molar-refractivity contribution < 1.29 is 4.74 Å². The smallest absolute Gasteiger partial charge is 0.225 e. The van der Waals surface area contributed by atoms with Gasteiger partial charge in [-0.15, -0.1) is 0 Å². The highest BCUT2D eigenvalue weighted by atomic mass is 35.5. The molecule has 0 unspecified atom stereocenters. The Morgan fingerprint density at radius 3 is 2.53 bits per heavy atom. The molecule has 0 radical (unpaired) electrons. The van der Waals surface area contributed by atoms with Crippen LogP contribution in [0, 0.1) is 0 Å². The maximum atomic E-state index is 5.82. The molecule has 0 fully saturated rings. The number of nitrogen functional groups attached to an aromatic ring is 1. The lowest BCUT2D eigenvalue weighted by atomic mass is 10.2. The zero-order chi connectivity index (χ0) is 13.8. The van der Waals surface area contributed by atoms with Gasteiger partial charge in [0.05, 0.1) is 7.11 Å². The van der Waals surface area contributed by atoms with Crippen LogP contribution >= 0.6 is 23.2 Å². The standard InChI is InChI=1S/C12H12Cl2N4O/c1-19-8-4-2-7(3-5-8)6-16-11-9(15)10(13)17-12(14)18-11/h2-5H,6,15H2,1H3,(H,16,17,18). The molecule has 1 heterocycles. The first-order chi connectivity index (χ1) is 9.10. The summed E-state index contributed by atoms with van der Waals surface area (Å²) in [6.45, 7) is 0.540. The Balaban J connectivity index is 2.09. The van der Waals surface area contributed by atoms with Gasteiger partial charge in [0.25, 0.3) is 0 Å². The number of nitrogens with two attached hydrogens (primary N) is 1. The quantitative estimate of drug-likeness (QED) is 0.670. The second-order valence-corrected chi connectivity index (χ2v) is 4.44. The van der Waals surface area contributed by atoms with Gasteiger partial charge in [0.2, 0.25) is 5.28 Å². The predicted molar refractivity (Wildman–Crippen MR) is 76.8 cm³/mol. The van der Waals surface area contributed by atoms with Gasteiger partial charge in [-0.25, -0.2) is 4.98 Å². The molecule has 3 N–H and O–H groups in total. The van der Waals surface area contributed by atoms with Gasteiger partial charge in [0, 0.05) is 6.54 Å². The summed E-state index contributed by atoms with van der Waals surface area (Å²) in [6.07, 6.45) is 0. The number of ether oxygens (including phenoxy) is 1. The Labute approximate surface area is 120 Å². The number of halogens is 2. The van der Waals surface area contributed by atoms with Crippen LogP contribution < -0.4 is 15.8 Å². The molecule has 0 amide bonds. The Morgan fingerprint density at radius 2 is 1.89 bits per heavy atom. The van der Waals surface area contributed by atoms with E-state index in [2.05, 4.69) is 15.3 Å². The highest BCUT2D eigenvalue weighted by Gasteiger charge is 2.08. The summed E-state index contributed by atoms with van der Waals surface area (Å²) in [7, 11) is 1.62. The topological polar surface area (TPSA) is 73.1 Å². The number of rotatable bonds is 4. The third-order valence-electron chi connectivity index (χ3n) is 2.49. The van der Waals surface area contributed by atoms with Crippen LogP contribution in [-0.2, 0) is 6.54 Å². The second kappa shape index (κ2) is 5.95. The Bertz CT molecular complexity index is 575. The van der Waals surface area contributed by atoms with Crippen molar-refractivity contribution in [2.75, 3.05) is 18.2 Å². The number of hydrogen-bond donors (Lipinski definition) is 2. The molecule has 2 aromatic rings. The van der Waals surface area contributed by atoms with E-state index in [-0.39, 0.29) is 16.1 Å². The molecule has 1 aromatic heterocycles. The van der Waals surface area contributed by atoms with Crippen LogP contribution in [0.4, 0.5) is 11.5 Å². The fraction of sp³-hybridized carbons (Fsp3) is 0.167. The summed E-state index contributed by atoms with van der Waals surface area (Å²) < 4.78 is 5.09. The van der Waals surface area contributed by atoms with Gasteiger partial charge < -0.3 is 15.8 Å². The van der Waals surface area contributed by atoms with Crippen LogP contribution in [0.25, 0.3) is 0 Å². The second-order valence-electron chi connectivity index (χ2n) is 3.75. The summed E-state index contributed by atoms with van der Waals surface area (Å²) in [5.74, 6) is 1.22. The van der Waals surface area contributed by atoms with Crippen LogP contribution in [0.3, 0.4) is 0 Å². The van der Waals surface area contributed by atoms with Gasteiger partial charge in [-0.3, -0.25) is 0 Å². The highest BCUT2D eigenvalue weighted by Crippen LogP contribution is 2.25. The molecule has 0 saturated heterocycles. The minimum absolute atomic E-state index is 0.0523. The molecule has 0 saturated carbocycles. The molecule has 0 aliphatic carbocycles. The lowest BCUT2D eigenvalue weighted by molar-refractivity contribution is 0.414. The molecular formula is C12H12Cl2N4O. The molecule has 5 nitrogen and oxygen atoms in total. The van der Waals surface area contributed by atoms with E-state index in [9.17, 15) is 0 Å². The molecule has 1 aromatic carbocycles. The normalized spacial score (nSPS) is 10.3. The van der Waals surface area contributed by atoms with Crippen molar-refractivity contribution in [1.82, 2.24) is 9.97 Å². The van der Waals surface area contributed by atoms with Crippen LogP contribution in [0.15, 0.2) is 24.3 Å². The number of benzene rings is 1. The Hall–Kier alpha value is -1.72. The highest BCUT2D eigenvalue weighted by molar-refractivity contribution is 6.34. The maximum absolute atomic E-state index is 5.82. The van der Waals surface area contributed by atoms with Crippen LogP contribution in [0.2, 0.25) is 10.4 Å². The third kappa shape index (κ3) is 3.39. The SMILES string of the molecule is COc1ccc(CNc2nc(Cl)nc(Cl)c2N)cc1. The van der Waals surface area contributed by atoms with E-state index in [1.165, 1.54) is 0 Å². The first kappa shape index (κ1) is 13.7. The average Bonchev–Trinajstić information content (AvgIpc) is 2.41. The Kier molecular flexibility index (Phi) is 4.29. The molecule has 7 heteroatoms. The maximum Gasteiger partial charge on any atom is 0.225 e. The van der Waals surface area contributed by atoms with E-state index in [1.54, 1.807) is 7.11 Å². The van der Waals surface area contributed by atoms with E-state index in [0.29, 0.717) is 12.4 Å². The fourth-order valence-corrected chi connectivity index (χ4v) is 1.86. The van der Waals surface area contributed by atoms with Crippen molar-refractivity contribution in [2.45, 2.75) is 6.54 Å². The summed E-state index contributed by atoms with van der Waals surface area (Å²) in [6, 6.07) is 7.62. The zero-order valence-electron chi connectivity index (χ0n) is 10.2. The van der Waals surface area contributed by atoms with Gasteiger partial charge >= 0.3 is 0 Å². The number of nitrogens with zero attached hydrogens (tertiary/aromatic N) is 2. The first-order valence-corrected chi connectivity index (χ1v) is 6.21. The largest absolute Gasteiger partial charge is 0.497 e. The van der Waals surface area contributed by atoms with Crippen molar-refractivity contribution in [3.63, 3.8) is 0 Å². The summed E-state index contributed by atoms with van der Waals surface area (Å²) in [5.41, 5.74) is 7.09. The van der Waals surface area contributed by atoms with Crippen LogP contribution in [-0.4, -0.2) is 17.1 Å². The molecule has 0 spiro atoms. The van der Waals surface area contributed by atoms with E-state index >= 15 is 0 Å². The average molecular weight is 299 g/mol. The number of nitrogens with one attached hydrogen (secondary N) is 1. The monoisotopic (exact) mass is 298 g/mol. The number of aromatic nitrogens is 2. The molecule has 100 valence electrons. The zero-order valence-corrected chi connectivity index (χ0v) is 11.7.